The summed E-state index contributed by atoms with van der Waals surface area (Å²) in [6, 6.07) is 0. The number of Topliss-reactive ketones (excluding diaryl/α,β-unsaturated/α-hetero) is 1. The maximum absolute atomic E-state index is 13.7. The molecule has 0 bridgehead atoms. The zero-order chi connectivity index (χ0) is 32.0. The zero-order valence-electron chi connectivity index (χ0n) is 23.1. The van der Waals surface area contributed by atoms with Crippen molar-refractivity contribution in [3.05, 3.63) is 41.3 Å². The number of nitrogen functional groups attached to an aromatic ring is 2. The molecule has 45 heavy (non-hydrogen) atoms. The lowest BCUT2D eigenvalue weighted by molar-refractivity contribution is -0.125. The largest absolute Gasteiger partial charge is 0.382 e. The number of thiol groups is 1. The second-order valence-electron chi connectivity index (χ2n) is 10.2. The standard InChI is InChI=1S/C23H27N9O9P2S2/c1-2-10-3-11(40-21(10)31-9-30-14-17(24)26-7-28-19(14)31)4-39-43(37,44)6-12-15(33)13(5-38-42(35)36)41-22(12)32-20-16(45-23(32)34)18(25)27-8-29-20/h2,7-13,21-22,42H,1,3-6H2,(H,35,36)(H,37,44)(H2,24,26,28)(H2,25,27,29)/t10-,11+,12-,13-,21-,22-,43+/m1/s1. The van der Waals surface area contributed by atoms with Gasteiger partial charge >= 0.3 is 13.1 Å². The number of ether oxygens (including phenoxy) is 2. The van der Waals surface area contributed by atoms with E-state index in [1.54, 1.807) is 10.6 Å². The lowest BCUT2D eigenvalue weighted by atomic mass is 10.0. The van der Waals surface area contributed by atoms with E-state index >= 15 is 0 Å². The first-order valence-electron chi connectivity index (χ1n) is 13.3. The third-order valence-electron chi connectivity index (χ3n) is 7.46. The number of aromatic nitrogens is 7. The van der Waals surface area contributed by atoms with Gasteiger partial charge in [-0.25, -0.2) is 24.9 Å². The molecule has 240 valence electrons. The van der Waals surface area contributed by atoms with E-state index in [4.69, 9.17) is 34.9 Å². The van der Waals surface area contributed by atoms with E-state index in [1.165, 1.54) is 12.7 Å². The van der Waals surface area contributed by atoms with Gasteiger partial charge in [-0.05, 0) is 6.42 Å². The summed E-state index contributed by atoms with van der Waals surface area (Å²) in [6.45, 7) is -0.673. The van der Waals surface area contributed by atoms with Crippen LogP contribution in [0, 0.1) is 11.8 Å². The Hall–Kier alpha value is -3.06. The van der Waals surface area contributed by atoms with Gasteiger partial charge in [0.05, 0.1) is 31.6 Å². The number of fused-ring (bicyclic) bond motifs is 2. The fourth-order valence-electron chi connectivity index (χ4n) is 5.42. The molecule has 4 aromatic heterocycles. The van der Waals surface area contributed by atoms with Crippen molar-refractivity contribution >= 4 is 77.3 Å². The van der Waals surface area contributed by atoms with Gasteiger partial charge in [-0.1, -0.05) is 29.7 Å². The molecule has 2 aliphatic heterocycles. The van der Waals surface area contributed by atoms with E-state index in [9.17, 15) is 18.7 Å². The average Bonchev–Trinajstić information content (AvgIpc) is 3.75. The van der Waals surface area contributed by atoms with Crippen LogP contribution in [0.1, 0.15) is 18.9 Å². The van der Waals surface area contributed by atoms with Gasteiger partial charge in [-0.2, -0.15) is 0 Å². The molecule has 22 heteroatoms. The van der Waals surface area contributed by atoms with Crippen molar-refractivity contribution in [2.75, 3.05) is 30.8 Å². The van der Waals surface area contributed by atoms with Crippen LogP contribution >= 0.6 is 38.4 Å². The van der Waals surface area contributed by atoms with E-state index in [0.29, 0.717) is 17.6 Å². The average molecular weight is 700 g/mol. The van der Waals surface area contributed by atoms with Crippen molar-refractivity contribution < 1.29 is 37.3 Å². The van der Waals surface area contributed by atoms with Gasteiger partial charge in [0, 0.05) is 12.1 Å². The molecule has 1 unspecified atom stereocenters. The van der Waals surface area contributed by atoms with Crippen molar-refractivity contribution in [1.29, 1.82) is 0 Å². The molecule has 8 atom stereocenters. The highest BCUT2D eigenvalue weighted by molar-refractivity contribution is 8.46. The number of thiazole rings is 1. The molecular formula is C23H27N9O9P2S2. The number of carbonyl (C=O) groups is 1. The van der Waals surface area contributed by atoms with Gasteiger partial charge in [0.15, 0.2) is 29.1 Å². The highest BCUT2D eigenvalue weighted by Crippen LogP contribution is 2.56. The first kappa shape index (κ1) is 31.9. The van der Waals surface area contributed by atoms with Gasteiger partial charge in [-0.15, -0.1) is 6.58 Å². The molecule has 0 aliphatic carbocycles. The zero-order valence-corrected chi connectivity index (χ0v) is 26.7. The molecule has 0 saturated carbocycles. The molecule has 6 heterocycles. The van der Waals surface area contributed by atoms with Crippen molar-refractivity contribution in [1.82, 2.24) is 34.1 Å². The molecule has 2 fully saturated rings. The Morgan fingerprint density at radius 1 is 1.13 bits per heavy atom. The van der Waals surface area contributed by atoms with Crippen LogP contribution in [0.15, 0.2) is 36.4 Å². The normalized spacial score (nSPS) is 27.3. The van der Waals surface area contributed by atoms with E-state index in [-0.39, 0.29) is 34.5 Å². The molecule has 5 N–H and O–H groups in total. The molecule has 2 saturated heterocycles. The number of hydrogen-bond donors (Lipinski definition) is 4. The molecule has 0 amide bonds. The van der Waals surface area contributed by atoms with E-state index in [2.05, 4.69) is 43.7 Å². The Morgan fingerprint density at radius 2 is 1.87 bits per heavy atom. The first-order valence-corrected chi connectivity index (χ1v) is 18.4. The minimum atomic E-state index is -3.86. The van der Waals surface area contributed by atoms with Gasteiger partial charge in [0.1, 0.15) is 41.0 Å². The lowest BCUT2D eigenvalue weighted by Crippen LogP contribution is -2.29. The van der Waals surface area contributed by atoms with Gasteiger partial charge in [0.25, 0.3) is 6.57 Å². The maximum atomic E-state index is 13.7. The highest BCUT2D eigenvalue weighted by atomic mass is 32.7. The predicted octanol–water partition coefficient (Wildman–Crippen LogP) is 1.57. The molecule has 0 spiro atoms. The first-order chi connectivity index (χ1) is 21.5. The topological polar surface area (TPSA) is 252 Å². The number of imidazole rings is 1. The fraction of sp³-hybridized carbons (Fsp3) is 0.435. The van der Waals surface area contributed by atoms with Crippen molar-refractivity contribution in [2.24, 2.45) is 11.8 Å². The smallest absolute Gasteiger partial charge is 0.316 e. The summed E-state index contributed by atoms with van der Waals surface area (Å²) < 4.78 is 50.5. The summed E-state index contributed by atoms with van der Waals surface area (Å²) in [5.74, 6) is -1.76. The minimum Gasteiger partial charge on any atom is -0.382 e. The summed E-state index contributed by atoms with van der Waals surface area (Å²) in [5, 5.41) is 0. The second kappa shape index (κ2) is 12.6. The second-order valence-corrected chi connectivity index (χ2v) is 15.7. The lowest BCUT2D eigenvalue weighted by Gasteiger charge is -2.22. The van der Waals surface area contributed by atoms with E-state index in [0.717, 1.165) is 22.2 Å². The molecule has 0 aromatic carbocycles. The molecule has 0 radical (unpaired) electrons. The maximum Gasteiger partial charge on any atom is 0.316 e. The number of carbonyl (C=O) groups excluding carboxylic acids is 1. The summed E-state index contributed by atoms with van der Waals surface area (Å²) >= 11 is 5.03. The van der Waals surface area contributed by atoms with E-state index < -0.39 is 68.8 Å². The molecule has 6 rings (SSSR count). The number of nitrogens with zero attached hydrogens (tertiary/aromatic N) is 7. The van der Waals surface area contributed by atoms with Gasteiger partial charge in [-0.3, -0.25) is 27.9 Å². The third-order valence-corrected chi connectivity index (χ3v) is 11.1. The van der Waals surface area contributed by atoms with Crippen LogP contribution in [-0.2, 0) is 32.4 Å². The Bertz CT molecular complexity index is 1920. The minimum absolute atomic E-state index is 0.0518. The monoisotopic (exact) mass is 699 g/mol. The van der Waals surface area contributed by atoms with Crippen molar-refractivity contribution in [3.63, 3.8) is 0 Å². The predicted molar refractivity (Wildman–Crippen MR) is 165 cm³/mol. The Morgan fingerprint density at radius 3 is 2.60 bits per heavy atom. The van der Waals surface area contributed by atoms with Crippen LogP contribution in [0.3, 0.4) is 0 Å². The van der Waals surface area contributed by atoms with Crippen molar-refractivity contribution in [3.8, 4) is 0 Å². The summed E-state index contributed by atoms with van der Waals surface area (Å²) in [5.41, 5.74) is 12.8. The summed E-state index contributed by atoms with van der Waals surface area (Å²) in [7, 11) is -3.39. The van der Waals surface area contributed by atoms with Crippen LogP contribution in [0.5, 0.6) is 0 Å². The highest BCUT2D eigenvalue weighted by Gasteiger charge is 2.49. The van der Waals surface area contributed by atoms with Crippen LogP contribution < -0.4 is 16.3 Å². The Labute approximate surface area is 263 Å². The summed E-state index contributed by atoms with van der Waals surface area (Å²) in [4.78, 5) is 55.6. The van der Waals surface area contributed by atoms with Gasteiger partial charge < -0.3 is 34.9 Å². The fourth-order valence-corrected chi connectivity index (χ4v) is 8.66. The van der Waals surface area contributed by atoms with Crippen molar-refractivity contribution in [2.45, 2.75) is 31.1 Å². The number of hydrogen-bond acceptors (Lipinski definition) is 16. The number of ketones is 1. The van der Waals surface area contributed by atoms with Crippen LogP contribution in [0.25, 0.3) is 21.5 Å². The molecule has 4 aromatic rings. The summed E-state index contributed by atoms with van der Waals surface area (Å²) in [6.07, 6.45) is 1.98. The van der Waals surface area contributed by atoms with Crippen LogP contribution in [0.4, 0.5) is 11.6 Å². The van der Waals surface area contributed by atoms with Gasteiger partial charge in [0.2, 0.25) is 0 Å². The molecular weight excluding hydrogens is 672 g/mol. The number of nitrogens with two attached hydrogens (primary N) is 2. The molecule has 2 aliphatic rings. The number of rotatable bonds is 11. The third kappa shape index (κ3) is 6.22. The van der Waals surface area contributed by atoms with Crippen LogP contribution in [-0.4, -0.2) is 76.3 Å². The van der Waals surface area contributed by atoms with Crippen LogP contribution in [0.2, 0.25) is 0 Å². The SMILES string of the molecule is C=C[C@@H]1C[C@@H](CO[P@](=O)(S)C[C@@H]2C(=O)[C@@H](CO[PH](=O)O)O[C@H]2n2c(=O)sc3c(N)ncnc32)O[C@H]1n1cnc2c(N)ncnc21. The number of anilines is 2. The Balaban J connectivity index is 1.20. The molecule has 18 nitrogen and oxygen atoms in total. The van der Waals surface area contributed by atoms with E-state index in [1.807, 2.05) is 0 Å². The quantitative estimate of drug-likeness (QED) is 0.0984. The Kier molecular flexibility index (Phi) is 8.95.